The van der Waals surface area contributed by atoms with Gasteiger partial charge in [-0.15, -0.1) is 0 Å². The molecule has 0 bridgehead atoms. The third-order valence-corrected chi connectivity index (χ3v) is 4.46. The summed E-state index contributed by atoms with van der Waals surface area (Å²) in [5.41, 5.74) is 4.75. The van der Waals surface area contributed by atoms with E-state index in [1.807, 2.05) is 50.7 Å². The van der Waals surface area contributed by atoms with Crippen molar-refractivity contribution >= 4 is 21.8 Å². The van der Waals surface area contributed by atoms with Gasteiger partial charge in [-0.2, -0.15) is 5.10 Å². The number of rotatable bonds is 3. The normalized spacial score (nSPS) is 10.7. The SMILES string of the molecule is Cc1nn(C)c(C)c1CNC(=O)c1cccc(Br)c1C. The maximum atomic E-state index is 12.3. The van der Waals surface area contributed by atoms with Gasteiger partial charge in [0.2, 0.25) is 0 Å². The van der Waals surface area contributed by atoms with Gasteiger partial charge in [0, 0.05) is 34.9 Å². The van der Waals surface area contributed by atoms with E-state index in [1.165, 1.54) is 0 Å². The molecule has 1 heterocycles. The molecule has 0 saturated carbocycles. The summed E-state index contributed by atoms with van der Waals surface area (Å²) in [6.45, 7) is 6.39. The fourth-order valence-electron chi connectivity index (χ4n) is 2.19. The lowest BCUT2D eigenvalue weighted by atomic mass is 10.1. The van der Waals surface area contributed by atoms with Crippen LogP contribution in [0, 0.1) is 20.8 Å². The summed E-state index contributed by atoms with van der Waals surface area (Å²) < 4.78 is 2.78. The average molecular weight is 336 g/mol. The lowest BCUT2D eigenvalue weighted by Crippen LogP contribution is -2.24. The Morgan fingerprint density at radius 3 is 2.65 bits per heavy atom. The van der Waals surface area contributed by atoms with Crippen molar-refractivity contribution in [2.75, 3.05) is 0 Å². The van der Waals surface area contributed by atoms with Crippen LogP contribution in [-0.4, -0.2) is 15.7 Å². The first-order valence-corrected chi connectivity index (χ1v) is 7.23. The Labute approximate surface area is 127 Å². The van der Waals surface area contributed by atoms with Gasteiger partial charge in [0.15, 0.2) is 0 Å². The van der Waals surface area contributed by atoms with Gasteiger partial charge in [-0.25, -0.2) is 0 Å². The quantitative estimate of drug-likeness (QED) is 0.937. The van der Waals surface area contributed by atoms with E-state index in [4.69, 9.17) is 0 Å². The van der Waals surface area contributed by atoms with Gasteiger partial charge in [-0.05, 0) is 38.5 Å². The van der Waals surface area contributed by atoms with Gasteiger partial charge in [0.25, 0.3) is 5.91 Å². The zero-order valence-corrected chi connectivity index (χ0v) is 13.7. The molecule has 0 spiro atoms. The molecule has 0 unspecified atom stereocenters. The van der Waals surface area contributed by atoms with Crippen molar-refractivity contribution in [2.45, 2.75) is 27.3 Å². The van der Waals surface area contributed by atoms with Crippen LogP contribution in [0.3, 0.4) is 0 Å². The van der Waals surface area contributed by atoms with Crippen LogP contribution in [0.1, 0.15) is 32.9 Å². The number of carbonyl (C=O) groups excluding carboxylic acids is 1. The summed E-state index contributed by atoms with van der Waals surface area (Å²) in [7, 11) is 1.91. The largest absolute Gasteiger partial charge is 0.348 e. The van der Waals surface area contributed by atoms with Crippen LogP contribution in [0.4, 0.5) is 0 Å². The summed E-state index contributed by atoms with van der Waals surface area (Å²) in [5, 5.41) is 7.32. The third kappa shape index (κ3) is 2.77. The predicted octanol–water partition coefficient (Wildman–Crippen LogP) is 3.04. The average Bonchev–Trinajstić information content (AvgIpc) is 2.64. The first kappa shape index (κ1) is 14.8. The maximum Gasteiger partial charge on any atom is 0.251 e. The molecule has 20 heavy (non-hydrogen) atoms. The van der Waals surface area contributed by atoms with Gasteiger partial charge >= 0.3 is 0 Å². The third-order valence-electron chi connectivity index (χ3n) is 3.60. The van der Waals surface area contributed by atoms with E-state index in [0.29, 0.717) is 12.1 Å². The fraction of sp³-hybridized carbons (Fsp3) is 0.333. The van der Waals surface area contributed by atoms with Gasteiger partial charge in [0.1, 0.15) is 0 Å². The Balaban J connectivity index is 2.15. The van der Waals surface area contributed by atoms with Crippen molar-refractivity contribution in [2.24, 2.45) is 7.05 Å². The number of nitrogens with zero attached hydrogens (tertiary/aromatic N) is 2. The summed E-state index contributed by atoms with van der Waals surface area (Å²) >= 11 is 3.44. The highest BCUT2D eigenvalue weighted by Crippen LogP contribution is 2.19. The van der Waals surface area contributed by atoms with Gasteiger partial charge in [0.05, 0.1) is 5.69 Å². The van der Waals surface area contributed by atoms with Gasteiger partial charge in [-0.3, -0.25) is 9.48 Å². The van der Waals surface area contributed by atoms with Crippen molar-refractivity contribution in [1.29, 1.82) is 0 Å². The summed E-state index contributed by atoms with van der Waals surface area (Å²) in [6, 6.07) is 5.63. The number of benzene rings is 1. The minimum atomic E-state index is -0.0635. The lowest BCUT2D eigenvalue weighted by Gasteiger charge is -2.09. The molecule has 106 valence electrons. The number of hydrogen-bond acceptors (Lipinski definition) is 2. The molecule has 0 radical (unpaired) electrons. The number of hydrogen-bond donors (Lipinski definition) is 1. The molecule has 2 rings (SSSR count). The second-order valence-corrected chi connectivity index (χ2v) is 5.72. The minimum absolute atomic E-state index is 0.0635. The van der Waals surface area contributed by atoms with E-state index in [0.717, 1.165) is 27.0 Å². The van der Waals surface area contributed by atoms with Crippen molar-refractivity contribution in [3.63, 3.8) is 0 Å². The lowest BCUT2D eigenvalue weighted by molar-refractivity contribution is 0.0950. The number of carbonyl (C=O) groups is 1. The van der Waals surface area contributed by atoms with Crippen molar-refractivity contribution < 1.29 is 4.79 Å². The highest BCUT2D eigenvalue weighted by atomic mass is 79.9. The molecule has 1 amide bonds. The highest BCUT2D eigenvalue weighted by molar-refractivity contribution is 9.10. The molecule has 1 N–H and O–H groups in total. The molecule has 0 atom stereocenters. The Kier molecular flexibility index (Phi) is 4.28. The standard InChI is InChI=1S/C15H18BrN3O/c1-9-12(6-5-7-14(9)16)15(20)17-8-13-10(2)18-19(4)11(13)3/h5-7H,8H2,1-4H3,(H,17,20). The van der Waals surface area contributed by atoms with Crippen LogP contribution >= 0.6 is 15.9 Å². The molecule has 4 nitrogen and oxygen atoms in total. The van der Waals surface area contributed by atoms with Crippen molar-refractivity contribution in [1.82, 2.24) is 15.1 Å². The Hall–Kier alpha value is -1.62. The molecule has 0 aliphatic carbocycles. The summed E-state index contributed by atoms with van der Waals surface area (Å²) in [4.78, 5) is 12.3. The second kappa shape index (κ2) is 5.79. The first-order valence-electron chi connectivity index (χ1n) is 6.44. The molecule has 2 aromatic rings. The molecule has 0 aliphatic rings. The summed E-state index contributed by atoms with van der Waals surface area (Å²) in [5.74, 6) is -0.0635. The van der Waals surface area contributed by atoms with E-state index in [1.54, 1.807) is 0 Å². The number of aromatic nitrogens is 2. The van der Waals surface area contributed by atoms with Crippen LogP contribution in [0.2, 0.25) is 0 Å². The van der Waals surface area contributed by atoms with Crippen LogP contribution in [0.15, 0.2) is 22.7 Å². The smallest absolute Gasteiger partial charge is 0.251 e. The molecule has 1 aromatic heterocycles. The minimum Gasteiger partial charge on any atom is -0.348 e. The van der Waals surface area contributed by atoms with Crippen molar-refractivity contribution in [3.8, 4) is 0 Å². The van der Waals surface area contributed by atoms with Crippen LogP contribution in [-0.2, 0) is 13.6 Å². The number of aryl methyl sites for hydroxylation is 2. The molecular formula is C15H18BrN3O. The van der Waals surface area contributed by atoms with E-state index in [9.17, 15) is 4.79 Å². The molecular weight excluding hydrogens is 318 g/mol. The predicted molar refractivity (Wildman–Crippen MR) is 82.7 cm³/mol. The molecule has 0 saturated heterocycles. The Morgan fingerprint density at radius 1 is 1.35 bits per heavy atom. The van der Waals surface area contributed by atoms with Crippen molar-refractivity contribution in [3.05, 3.63) is 50.8 Å². The van der Waals surface area contributed by atoms with Crippen LogP contribution < -0.4 is 5.32 Å². The topological polar surface area (TPSA) is 46.9 Å². The highest BCUT2D eigenvalue weighted by Gasteiger charge is 2.13. The van der Waals surface area contributed by atoms with E-state index in [2.05, 4.69) is 26.3 Å². The molecule has 0 aliphatic heterocycles. The van der Waals surface area contributed by atoms with E-state index >= 15 is 0 Å². The molecule has 5 heteroatoms. The van der Waals surface area contributed by atoms with E-state index < -0.39 is 0 Å². The maximum absolute atomic E-state index is 12.3. The van der Waals surface area contributed by atoms with Crippen LogP contribution in [0.25, 0.3) is 0 Å². The van der Waals surface area contributed by atoms with E-state index in [-0.39, 0.29) is 5.91 Å². The number of amides is 1. The first-order chi connectivity index (χ1) is 9.41. The van der Waals surface area contributed by atoms with Gasteiger partial charge in [-0.1, -0.05) is 22.0 Å². The molecule has 0 fully saturated rings. The number of nitrogens with one attached hydrogen (secondary N) is 1. The zero-order valence-electron chi connectivity index (χ0n) is 12.1. The Morgan fingerprint density at radius 2 is 2.05 bits per heavy atom. The zero-order chi connectivity index (χ0) is 14.9. The number of halogens is 1. The van der Waals surface area contributed by atoms with Crippen LogP contribution in [0.5, 0.6) is 0 Å². The molecule has 1 aromatic carbocycles. The monoisotopic (exact) mass is 335 g/mol. The summed E-state index contributed by atoms with van der Waals surface area (Å²) in [6.07, 6.45) is 0. The Bertz CT molecular complexity index is 661. The second-order valence-electron chi connectivity index (χ2n) is 4.87. The van der Waals surface area contributed by atoms with Gasteiger partial charge < -0.3 is 5.32 Å². The fourth-order valence-corrected chi connectivity index (χ4v) is 2.56.